The molecule has 0 spiro atoms. The van der Waals surface area contributed by atoms with E-state index in [1.807, 2.05) is 30.3 Å². The van der Waals surface area contributed by atoms with Crippen molar-refractivity contribution in [2.45, 2.75) is 19.3 Å². The van der Waals surface area contributed by atoms with Crippen LogP contribution in [-0.4, -0.2) is 42.0 Å². The Bertz CT molecular complexity index is 698. The lowest BCUT2D eigenvalue weighted by atomic mass is 9.76. The number of hydrogen-bond donors (Lipinski definition) is 1. The molecule has 0 aromatic heterocycles. The molecule has 1 aliphatic heterocycles. The van der Waals surface area contributed by atoms with Crippen LogP contribution in [0.1, 0.15) is 34.3 Å². The minimum absolute atomic E-state index is 0.116. The highest BCUT2D eigenvalue weighted by atomic mass is 16.3. The number of piperidine rings is 1. The number of benzene rings is 2. The summed E-state index contributed by atoms with van der Waals surface area (Å²) in [6.07, 6.45) is 3.23. The van der Waals surface area contributed by atoms with E-state index in [-0.39, 0.29) is 24.2 Å². The summed E-state index contributed by atoms with van der Waals surface area (Å²) in [5.41, 5.74) is 3.29. The molecule has 0 bridgehead atoms. The molecule has 25 heavy (non-hydrogen) atoms. The van der Waals surface area contributed by atoms with E-state index in [9.17, 15) is 9.90 Å². The summed E-state index contributed by atoms with van der Waals surface area (Å²) in [5.74, 6) is 0.190. The van der Waals surface area contributed by atoms with Crippen molar-refractivity contribution in [1.29, 1.82) is 0 Å². The summed E-state index contributed by atoms with van der Waals surface area (Å²) in [6, 6.07) is 18.1. The lowest BCUT2D eigenvalue weighted by molar-refractivity contribution is 0.0808. The van der Waals surface area contributed by atoms with E-state index < -0.39 is 0 Å². The number of hydrogen-bond acceptors (Lipinski definition) is 3. The molecule has 3 rings (SSSR count). The zero-order chi connectivity index (χ0) is 17.6. The second-order valence-corrected chi connectivity index (χ2v) is 6.68. The molecule has 1 N–H and O–H groups in total. The molecule has 2 aromatic rings. The Hall–Kier alpha value is -1.97. The zero-order valence-electron chi connectivity index (χ0n) is 14.8. The lowest BCUT2D eigenvalue weighted by Crippen LogP contribution is -2.44. The van der Waals surface area contributed by atoms with Crippen molar-refractivity contribution in [2.75, 3.05) is 26.2 Å². The summed E-state index contributed by atoms with van der Waals surface area (Å²) in [5, 5.41) is 9.27. The van der Waals surface area contributed by atoms with Gasteiger partial charge in [-0.05, 0) is 29.9 Å². The molecule has 0 amide bonds. The fraction of sp³-hybridized carbons (Fsp3) is 0.364. The van der Waals surface area contributed by atoms with E-state index in [1.54, 1.807) is 0 Å². The van der Waals surface area contributed by atoms with Crippen molar-refractivity contribution >= 4 is 5.78 Å². The first-order chi connectivity index (χ1) is 12.2. The second kappa shape index (κ2) is 8.41. The monoisotopic (exact) mass is 336 g/mol. The highest BCUT2D eigenvalue weighted by Crippen LogP contribution is 2.35. The maximum absolute atomic E-state index is 13.2. The minimum Gasteiger partial charge on any atom is -0.395 e. The lowest BCUT2D eigenvalue weighted by Gasteiger charge is -2.38. The number of rotatable bonds is 6. The van der Waals surface area contributed by atoms with E-state index in [4.69, 9.17) is 0 Å². The molecule has 0 saturated carbocycles. The zero-order valence-corrected chi connectivity index (χ0v) is 14.8. The summed E-state index contributed by atoms with van der Waals surface area (Å²) < 4.78 is 0. The standard InChI is InChI=1S/C22H26NO2/c1-2-17-7-6-10-19(15-17)20-11-12-23(13-14-24)16-21(20)22(25)18-8-4-3-5-9-18/h3-11,15,20-21,24H,2,12-14,16H2,1H3/t20-,21+/m1/s1. The van der Waals surface area contributed by atoms with Crippen molar-refractivity contribution in [1.82, 2.24) is 4.90 Å². The van der Waals surface area contributed by atoms with Gasteiger partial charge in [0.25, 0.3) is 0 Å². The Kier molecular flexibility index (Phi) is 6.00. The third-order valence-electron chi connectivity index (χ3n) is 5.06. The SMILES string of the molecule is CCc1cccc([C@H]2[CH]CN(CCO)C[C@@H]2C(=O)c2ccccc2)c1. The van der Waals surface area contributed by atoms with Crippen LogP contribution in [-0.2, 0) is 6.42 Å². The van der Waals surface area contributed by atoms with Crippen LogP contribution in [0.25, 0.3) is 0 Å². The number of nitrogens with zero attached hydrogens (tertiary/aromatic N) is 1. The van der Waals surface area contributed by atoms with Crippen molar-refractivity contribution in [3.05, 3.63) is 77.7 Å². The van der Waals surface area contributed by atoms with Gasteiger partial charge in [-0.15, -0.1) is 0 Å². The van der Waals surface area contributed by atoms with Gasteiger partial charge in [0.05, 0.1) is 6.61 Å². The molecule has 0 aliphatic carbocycles. The van der Waals surface area contributed by atoms with Crippen molar-refractivity contribution in [3.8, 4) is 0 Å². The molecular formula is C22H26NO2. The first-order valence-electron chi connectivity index (χ1n) is 9.07. The molecule has 1 radical (unpaired) electrons. The van der Waals surface area contributed by atoms with Gasteiger partial charge in [0.2, 0.25) is 0 Å². The molecule has 1 aliphatic rings. The maximum atomic E-state index is 13.2. The number of aliphatic hydroxyl groups is 1. The van der Waals surface area contributed by atoms with Crippen molar-refractivity contribution in [3.63, 3.8) is 0 Å². The van der Waals surface area contributed by atoms with E-state index in [2.05, 4.69) is 42.5 Å². The molecule has 3 heteroatoms. The van der Waals surface area contributed by atoms with E-state index in [0.29, 0.717) is 13.1 Å². The number of likely N-dealkylation sites (tertiary alicyclic amines) is 1. The molecule has 1 heterocycles. The van der Waals surface area contributed by atoms with Crippen molar-refractivity contribution in [2.24, 2.45) is 5.92 Å². The van der Waals surface area contributed by atoms with E-state index in [1.165, 1.54) is 11.1 Å². The van der Waals surface area contributed by atoms with Gasteiger partial charge in [-0.25, -0.2) is 0 Å². The Morgan fingerprint density at radius 1 is 1.16 bits per heavy atom. The quantitative estimate of drug-likeness (QED) is 0.823. The van der Waals surface area contributed by atoms with Crippen LogP contribution in [0.3, 0.4) is 0 Å². The Balaban J connectivity index is 1.90. The maximum Gasteiger partial charge on any atom is 0.167 e. The largest absolute Gasteiger partial charge is 0.395 e. The van der Waals surface area contributed by atoms with Gasteiger partial charge in [-0.2, -0.15) is 0 Å². The Morgan fingerprint density at radius 2 is 1.96 bits per heavy atom. The van der Waals surface area contributed by atoms with Crippen LogP contribution in [0.4, 0.5) is 0 Å². The fourth-order valence-corrected chi connectivity index (χ4v) is 3.67. The predicted octanol–water partition coefficient (Wildman–Crippen LogP) is 3.34. The molecular weight excluding hydrogens is 310 g/mol. The fourth-order valence-electron chi connectivity index (χ4n) is 3.67. The van der Waals surface area contributed by atoms with Gasteiger partial charge >= 0.3 is 0 Å². The number of Topliss-reactive ketones (excluding diaryl/α,β-unsaturated/α-hetero) is 1. The average Bonchev–Trinajstić information content (AvgIpc) is 2.68. The third-order valence-corrected chi connectivity index (χ3v) is 5.06. The van der Waals surface area contributed by atoms with Gasteiger partial charge in [0, 0.05) is 31.1 Å². The molecule has 0 unspecified atom stereocenters. The number of β-amino-alcohol motifs (C(OH)–C–C–N with tert-alkyl or cyclic N) is 1. The van der Waals surface area contributed by atoms with Crippen LogP contribution in [0, 0.1) is 12.3 Å². The van der Waals surface area contributed by atoms with Gasteiger partial charge in [0.15, 0.2) is 5.78 Å². The average molecular weight is 336 g/mol. The van der Waals surface area contributed by atoms with Gasteiger partial charge in [-0.1, -0.05) is 61.5 Å². The molecule has 2 atom stereocenters. The first kappa shape index (κ1) is 17.8. The number of carbonyl (C=O) groups excluding carboxylic acids is 1. The summed E-state index contributed by atoms with van der Waals surface area (Å²) >= 11 is 0. The number of aliphatic hydroxyl groups excluding tert-OH is 1. The highest BCUT2D eigenvalue weighted by molar-refractivity contribution is 5.98. The normalized spacial score (nSPS) is 21.2. The van der Waals surface area contributed by atoms with Crippen LogP contribution >= 0.6 is 0 Å². The minimum atomic E-state index is -0.116. The summed E-state index contributed by atoms with van der Waals surface area (Å²) in [7, 11) is 0. The Morgan fingerprint density at radius 3 is 2.68 bits per heavy atom. The van der Waals surface area contributed by atoms with Crippen LogP contribution in [0.2, 0.25) is 0 Å². The Labute approximate surface area is 150 Å². The topological polar surface area (TPSA) is 40.5 Å². The van der Waals surface area contributed by atoms with Gasteiger partial charge in [0.1, 0.15) is 0 Å². The number of ketones is 1. The molecule has 2 aromatic carbocycles. The second-order valence-electron chi connectivity index (χ2n) is 6.68. The molecule has 3 nitrogen and oxygen atoms in total. The smallest absolute Gasteiger partial charge is 0.167 e. The predicted molar refractivity (Wildman–Crippen MR) is 101 cm³/mol. The van der Waals surface area contributed by atoms with Gasteiger partial charge < -0.3 is 5.11 Å². The highest BCUT2D eigenvalue weighted by Gasteiger charge is 2.35. The molecule has 1 saturated heterocycles. The summed E-state index contributed by atoms with van der Waals surface area (Å²) in [6.45, 7) is 4.37. The van der Waals surface area contributed by atoms with Crippen LogP contribution in [0.15, 0.2) is 54.6 Å². The van der Waals surface area contributed by atoms with Crippen LogP contribution < -0.4 is 0 Å². The van der Waals surface area contributed by atoms with E-state index >= 15 is 0 Å². The van der Waals surface area contributed by atoms with E-state index in [0.717, 1.165) is 18.5 Å². The van der Waals surface area contributed by atoms with Crippen LogP contribution in [0.5, 0.6) is 0 Å². The number of carbonyl (C=O) groups is 1. The summed E-state index contributed by atoms with van der Waals surface area (Å²) in [4.78, 5) is 15.3. The van der Waals surface area contributed by atoms with Gasteiger partial charge in [-0.3, -0.25) is 9.69 Å². The molecule has 131 valence electrons. The first-order valence-corrected chi connectivity index (χ1v) is 9.07. The van der Waals surface area contributed by atoms with Crippen molar-refractivity contribution < 1.29 is 9.90 Å². The third kappa shape index (κ3) is 4.17. The molecule has 1 fully saturated rings. The number of aryl methyl sites for hydroxylation is 1.